The number of methoxy groups -OCH3 is 1. The molecular formula is C13H19ClN2O3. The average molecular weight is 287 g/mol. The lowest BCUT2D eigenvalue weighted by Crippen LogP contribution is -2.33. The minimum absolute atomic E-state index is 0.236. The zero-order valence-corrected chi connectivity index (χ0v) is 12.0. The molecule has 106 valence electrons. The molecular weight excluding hydrogens is 268 g/mol. The summed E-state index contributed by atoms with van der Waals surface area (Å²) in [4.78, 5) is 17.5. The van der Waals surface area contributed by atoms with E-state index < -0.39 is 0 Å². The molecule has 0 aliphatic heterocycles. The van der Waals surface area contributed by atoms with E-state index in [1.54, 1.807) is 26.3 Å². The zero-order valence-electron chi connectivity index (χ0n) is 11.3. The first-order chi connectivity index (χ1) is 9.15. The molecule has 6 heteroatoms. The number of hydrogen-bond donors (Lipinski definition) is 0. The summed E-state index contributed by atoms with van der Waals surface area (Å²) in [5.74, 6) is -0.236. The Kier molecular flexibility index (Phi) is 7.40. The summed E-state index contributed by atoms with van der Waals surface area (Å²) in [6.07, 6.45) is 1.70. The number of halogens is 1. The fourth-order valence-corrected chi connectivity index (χ4v) is 1.69. The van der Waals surface area contributed by atoms with Crippen molar-refractivity contribution in [3.05, 3.63) is 29.0 Å². The topological polar surface area (TPSA) is 51.7 Å². The summed E-state index contributed by atoms with van der Waals surface area (Å²) in [5.41, 5.74) is 0.991. The quantitative estimate of drug-likeness (QED) is 0.538. The maximum atomic E-state index is 11.5. The molecule has 0 unspecified atom stereocenters. The largest absolute Gasteiger partial charge is 0.465 e. The van der Waals surface area contributed by atoms with Crippen LogP contribution in [0.25, 0.3) is 0 Å². The summed E-state index contributed by atoms with van der Waals surface area (Å²) < 4.78 is 9.99. The third-order valence-corrected chi connectivity index (χ3v) is 2.69. The number of nitrogens with zero attached hydrogens (tertiary/aromatic N) is 2. The molecule has 0 aliphatic rings. The Hall–Kier alpha value is -1.17. The van der Waals surface area contributed by atoms with Crippen molar-refractivity contribution >= 4 is 17.6 Å². The molecule has 0 N–H and O–H groups in total. The number of carbonyl (C=O) groups is 1. The van der Waals surface area contributed by atoms with Crippen LogP contribution in [-0.4, -0.2) is 49.3 Å². The van der Waals surface area contributed by atoms with Crippen LogP contribution in [0.5, 0.6) is 0 Å². The zero-order chi connectivity index (χ0) is 14.1. The molecule has 0 saturated heterocycles. The fraction of sp³-hybridized carbons (Fsp3) is 0.538. The Morgan fingerprint density at radius 2 is 2.26 bits per heavy atom. The molecule has 0 radical (unpaired) electrons. The number of aromatic nitrogens is 1. The van der Waals surface area contributed by atoms with Crippen molar-refractivity contribution in [3.63, 3.8) is 0 Å². The van der Waals surface area contributed by atoms with Crippen molar-refractivity contribution in [3.8, 4) is 0 Å². The van der Waals surface area contributed by atoms with Gasteiger partial charge in [0.05, 0.1) is 19.8 Å². The van der Waals surface area contributed by atoms with Gasteiger partial charge in [-0.1, -0.05) is 17.7 Å². The van der Waals surface area contributed by atoms with Crippen LogP contribution >= 0.6 is 11.6 Å². The maximum Gasteiger partial charge on any atom is 0.320 e. The Morgan fingerprint density at radius 1 is 1.47 bits per heavy atom. The first-order valence-electron chi connectivity index (χ1n) is 6.13. The van der Waals surface area contributed by atoms with Crippen molar-refractivity contribution in [2.45, 2.75) is 13.5 Å². The lowest BCUT2D eigenvalue weighted by Gasteiger charge is -2.20. The monoisotopic (exact) mass is 286 g/mol. The number of ether oxygens (including phenoxy) is 2. The minimum Gasteiger partial charge on any atom is -0.465 e. The molecule has 0 spiro atoms. The molecule has 1 rings (SSSR count). The second-order valence-electron chi connectivity index (χ2n) is 4.00. The Morgan fingerprint density at radius 3 is 2.84 bits per heavy atom. The molecule has 0 aromatic carbocycles. The lowest BCUT2D eigenvalue weighted by molar-refractivity contribution is -0.144. The Balaban J connectivity index is 2.57. The molecule has 0 fully saturated rings. The van der Waals surface area contributed by atoms with Crippen molar-refractivity contribution in [2.24, 2.45) is 0 Å². The highest BCUT2D eigenvalue weighted by Gasteiger charge is 2.12. The van der Waals surface area contributed by atoms with Gasteiger partial charge >= 0.3 is 5.97 Å². The average Bonchev–Trinajstić information content (AvgIpc) is 2.39. The van der Waals surface area contributed by atoms with Gasteiger partial charge in [0.25, 0.3) is 0 Å². The van der Waals surface area contributed by atoms with Gasteiger partial charge in [-0.3, -0.25) is 9.69 Å². The molecule has 19 heavy (non-hydrogen) atoms. The maximum absolute atomic E-state index is 11.5. The normalized spacial score (nSPS) is 10.7. The molecule has 1 heterocycles. The Bertz CT molecular complexity index is 384. The molecule has 0 bridgehead atoms. The molecule has 1 aromatic heterocycles. The molecule has 1 aromatic rings. The summed E-state index contributed by atoms with van der Waals surface area (Å²) in [5, 5.41) is 0.456. The van der Waals surface area contributed by atoms with Crippen LogP contribution in [0, 0.1) is 0 Å². The molecule has 0 atom stereocenters. The second kappa shape index (κ2) is 8.85. The van der Waals surface area contributed by atoms with E-state index in [0.717, 1.165) is 5.56 Å². The Labute approximate surface area is 118 Å². The molecule has 5 nitrogen and oxygen atoms in total. The van der Waals surface area contributed by atoms with Crippen molar-refractivity contribution in [2.75, 3.05) is 33.4 Å². The van der Waals surface area contributed by atoms with E-state index in [-0.39, 0.29) is 12.5 Å². The van der Waals surface area contributed by atoms with E-state index in [4.69, 9.17) is 21.1 Å². The van der Waals surface area contributed by atoms with Crippen molar-refractivity contribution in [1.82, 2.24) is 9.88 Å². The number of hydrogen-bond acceptors (Lipinski definition) is 5. The van der Waals surface area contributed by atoms with Crippen LogP contribution in [-0.2, 0) is 20.8 Å². The van der Waals surface area contributed by atoms with Crippen molar-refractivity contribution < 1.29 is 14.3 Å². The number of esters is 1. The second-order valence-corrected chi connectivity index (χ2v) is 4.38. The van der Waals surface area contributed by atoms with Crippen LogP contribution in [0.15, 0.2) is 18.3 Å². The molecule has 0 aliphatic carbocycles. The van der Waals surface area contributed by atoms with E-state index in [2.05, 4.69) is 4.98 Å². The molecule has 0 saturated carbocycles. The van der Waals surface area contributed by atoms with Crippen LogP contribution in [0.2, 0.25) is 5.15 Å². The standard InChI is InChI=1S/C13H19ClN2O3/c1-3-19-13(17)10-16(6-7-18-2)9-11-4-5-12(14)15-8-11/h4-5,8H,3,6-7,9-10H2,1-2H3. The summed E-state index contributed by atoms with van der Waals surface area (Å²) in [6, 6.07) is 3.62. The highest BCUT2D eigenvalue weighted by molar-refractivity contribution is 6.29. The van der Waals surface area contributed by atoms with E-state index >= 15 is 0 Å². The number of pyridine rings is 1. The van der Waals surface area contributed by atoms with Gasteiger partial charge in [0, 0.05) is 26.4 Å². The fourth-order valence-electron chi connectivity index (χ4n) is 1.58. The third kappa shape index (κ3) is 6.52. The predicted octanol–water partition coefficient (Wildman–Crippen LogP) is 1.75. The van der Waals surface area contributed by atoms with Gasteiger partial charge in [0.15, 0.2) is 0 Å². The van der Waals surface area contributed by atoms with E-state index in [9.17, 15) is 4.79 Å². The lowest BCUT2D eigenvalue weighted by atomic mass is 10.2. The number of carbonyl (C=O) groups excluding carboxylic acids is 1. The van der Waals surface area contributed by atoms with Crippen LogP contribution in [0.3, 0.4) is 0 Å². The van der Waals surface area contributed by atoms with Crippen LogP contribution in [0.4, 0.5) is 0 Å². The van der Waals surface area contributed by atoms with Gasteiger partial charge in [-0.2, -0.15) is 0 Å². The van der Waals surface area contributed by atoms with Gasteiger partial charge in [0.1, 0.15) is 5.15 Å². The highest BCUT2D eigenvalue weighted by atomic mass is 35.5. The smallest absolute Gasteiger partial charge is 0.320 e. The van der Waals surface area contributed by atoms with E-state index in [1.807, 2.05) is 11.0 Å². The summed E-state index contributed by atoms with van der Waals surface area (Å²) >= 11 is 5.74. The molecule has 0 amide bonds. The first kappa shape index (κ1) is 15.9. The van der Waals surface area contributed by atoms with Crippen LogP contribution < -0.4 is 0 Å². The van der Waals surface area contributed by atoms with Gasteiger partial charge < -0.3 is 9.47 Å². The van der Waals surface area contributed by atoms with Gasteiger partial charge in [-0.05, 0) is 18.6 Å². The SMILES string of the molecule is CCOC(=O)CN(CCOC)Cc1ccc(Cl)nc1. The van der Waals surface area contributed by atoms with Crippen molar-refractivity contribution in [1.29, 1.82) is 0 Å². The van der Waals surface area contributed by atoms with Crippen LogP contribution in [0.1, 0.15) is 12.5 Å². The minimum atomic E-state index is -0.236. The first-order valence-corrected chi connectivity index (χ1v) is 6.50. The van der Waals surface area contributed by atoms with Gasteiger partial charge in [-0.25, -0.2) is 4.98 Å². The summed E-state index contributed by atoms with van der Waals surface area (Å²) in [7, 11) is 1.63. The third-order valence-electron chi connectivity index (χ3n) is 2.46. The van der Waals surface area contributed by atoms with Gasteiger partial charge in [-0.15, -0.1) is 0 Å². The predicted molar refractivity (Wildman–Crippen MR) is 73.0 cm³/mol. The van der Waals surface area contributed by atoms with E-state index in [0.29, 0.717) is 31.5 Å². The highest BCUT2D eigenvalue weighted by Crippen LogP contribution is 2.08. The van der Waals surface area contributed by atoms with E-state index in [1.165, 1.54) is 0 Å². The van der Waals surface area contributed by atoms with Gasteiger partial charge in [0.2, 0.25) is 0 Å². The number of rotatable bonds is 8. The summed E-state index contributed by atoms with van der Waals surface area (Å²) in [6.45, 7) is 4.23.